The molecule has 0 aromatic rings. The summed E-state index contributed by atoms with van der Waals surface area (Å²) in [5, 5.41) is 12.0. The fraction of sp³-hybridized carbons (Fsp3) is 0.857. The van der Waals surface area contributed by atoms with Gasteiger partial charge in [0.15, 0.2) is 0 Å². The zero-order valence-corrected chi connectivity index (χ0v) is 11.9. The molecule has 1 amide bonds. The average molecular weight is 270 g/mol. The van der Waals surface area contributed by atoms with Crippen molar-refractivity contribution in [2.75, 3.05) is 6.54 Å². The van der Waals surface area contributed by atoms with E-state index in [2.05, 4.69) is 5.32 Å². The van der Waals surface area contributed by atoms with Gasteiger partial charge in [0, 0.05) is 6.54 Å². The van der Waals surface area contributed by atoms with E-state index in [4.69, 9.17) is 5.73 Å². The highest BCUT2D eigenvalue weighted by atomic mass is 16.4. The Kier molecular flexibility index (Phi) is 6.28. The van der Waals surface area contributed by atoms with Crippen molar-refractivity contribution in [2.24, 2.45) is 23.5 Å². The Morgan fingerprint density at radius 1 is 1.37 bits per heavy atom. The molecule has 1 fully saturated rings. The van der Waals surface area contributed by atoms with Crippen LogP contribution in [0.25, 0.3) is 0 Å². The van der Waals surface area contributed by atoms with Crippen LogP contribution in [-0.2, 0) is 9.59 Å². The molecule has 4 N–H and O–H groups in total. The molecule has 0 aliphatic heterocycles. The molecular formula is C14H26N2O3. The van der Waals surface area contributed by atoms with Crippen LogP contribution in [0.5, 0.6) is 0 Å². The summed E-state index contributed by atoms with van der Waals surface area (Å²) in [5.74, 6) is -1.05. The summed E-state index contributed by atoms with van der Waals surface area (Å²) in [5.41, 5.74) is 5.85. The number of nitrogens with one attached hydrogen (secondary N) is 1. The summed E-state index contributed by atoms with van der Waals surface area (Å²) < 4.78 is 0. The number of aliphatic carboxylic acids is 1. The molecule has 1 saturated carbocycles. The monoisotopic (exact) mass is 270 g/mol. The summed E-state index contributed by atoms with van der Waals surface area (Å²) in [7, 11) is 0. The number of rotatable bonds is 6. The number of amides is 1. The molecule has 5 heteroatoms. The first-order chi connectivity index (χ1) is 8.97. The molecule has 0 aromatic carbocycles. The molecule has 0 aromatic heterocycles. The Morgan fingerprint density at radius 2 is 2.00 bits per heavy atom. The van der Waals surface area contributed by atoms with E-state index < -0.39 is 12.0 Å². The van der Waals surface area contributed by atoms with Crippen LogP contribution in [0.15, 0.2) is 0 Å². The van der Waals surface area contributed by atoms with Crippen molar-refractivity contribution >= 4 is 11.9 Å². The maximum atomic E-state index is 11.9. The maximum Gasteiger partial charge on any atom is 0.306 e. The number of carboxylic acid groups (broad SMARTS) is 1. The van der Waals surface area contributed by atoms with Crippen LogP contribution >= 0.6 is 0 Å². The number of hydrogen-bond donors (Lipinski definition) is 3. The van der Waals surface area contributed by atoms with Gasteiger partial charge in [-0.1, -0.05) is 33.1 Å². The van der Waals surface area contributed by atoms with Gasteiger partial charge in [0.1, 0.15) is 0 Å². The van der Waals surface area contributed by atoms with Gasteiger partial charge in [-0.05, 0) is 24.7 Å². The Balaban J connectivity index is 2.46. The second-order valence-corrected chi connectivity index (χ2v) is 5.65. The van der Waals surface area contributed by atoms with Crippen LogP contribution in [0.1, 0.15) is 46.0 Å². The van der Waals surface area contributed by atoms with Gasteiger partial charge in [0.05, 0.1) is 12.0 Å². The molecule has 110 valence electrons. The van der Waals surface area contributed by atoms with Gasteiger partial charge >= 0.3 is 5.97 Å². The summed E-state index contributed by atoms with van der Waals surface area (Å²) in [6.07, 6.45) is 4.45. The van der Waals surface area contributed by atoms with Crippen molar-refractivity contribution in [3.63, 3.8) is 0 Å². The highest BCUT2D eigenvalue weighted by Gasteiger charge is 2.31. The summed E-state index contributed by atoms with van der Waals surface area (Å²) in [6.45, 7) is 4.38. The van der Waals surface area contributed by atoms with Gasteiger partial charge in [-0.2, -0.15) is 0 Å². The number of nitrogens with two attached hydrogens (primary N) is 1. The van der Waals surface area contributed by atoms with Gasteiger partial charge in [-0.25, -0.2) is 0 Å². The van der Waals surface area contributed by atoms with Crippen molar-refractivity contribution in [2.45, 2.75) is 52.0 Å². The first-order valence-corrected chi connectivity index (χ1v) is 7.23. The van der Waals surface area contributed by atoms with Crippen LogP contribution in [0, 0.1) is 17.8 Å². The van der Waals surface area contributed by atoms with Crippen LogP contribution < -0.4 is 11.1 Å². The SMILES string of the molecule is CCC(C)[C@H](N)C(=O)NCC1CCCCC1C(=O)O. The zero-order chi connectivity index (χ0) is 14.4. The van der Waals surface area contributed by atoms with E-state index in [-0.39, 0.29) is 23.7 Å². The van der Waals surface area contributed by atoms with Crippen LogP contribution in [0.3, 0.4) is 0 Å². The van der Waals surface area contributed by atoms with Crippen molar-refractivity contribution < 1.29 is 14.7 Å². The predicted octanol–water partition coefficient (Wildman–Crippen LogP) is 1.37. The zero-order valence-electron chi connectivity index (χ0n) is 11.9. The number of carbonyl (C=O) groups is 2. The Morgan fingerprint density at radius 3 is 2.58 bits per heavy atom. The molecule has 0 bridgehead atoms. The molecule has 0 spiro atoms. The standard InChI is InChI=1S/C14H26N2O3/c1-3-9(2)12(15)13(17)16-8-10-6-4-5-7-11(10)14(18)19/h9-12H,3-8,15H2,1-2H3,(H,16,17)(H,18,19)/t9?,10?,11?,12-/m0/s1. The highest BCUT2D eigenvalue weighted by molar-refractivity contribution is 5.81. The molecule has 1 aliphatic carbocycles. The third-order valence-corrected chi connectivity index (χ3v) is 4.32. The third-order valence-electron chi connectivity index (χ3n) is 4.32. The van der Waals surface area contributed by atoms with Crippen LogP contribution in [-0.4, -0.2) is 29.6 Å². The van der Waals surface area contributed by atoms with Crippen molar-refractivity contribution in [1.82, 2.24) is 5.32 Å². The van der Waals surface area contributed by atoms with E-state index in [0.717, 1.165) is 25.7 Å². The molecule has 3 unspecified atom stereocenters. The lowest BCUT2D eigenvalue weighted by atomic mass is 9.79. The minimum Gasteiger partial charge on any atom is -0.481 e. The second-order valence-electron chi connectivity index (χ2n) is 5.65. The van der Waals surface area contributed by atoms with Crippen molar-refractivity contribution in [1.29, 1.82) is 0 Å². The van der Waals surface area contributed by atoms with E-state index in [0.29, 0.717) is 13.0 Å². The fourth-order valence-corrected chi connectivity index (χ4v) is 2.64. The highest BCUT2D eigenvalue weighted by Crippen LogP contribution is 2.29. The van der Waals surface area contributed by atoms with E-state index in [1.807, 2.05) is 13.8 Å². The van der Waals surface area contributed by atoms with E-state index in [1.54, 1.807) is 0 Å². The molecule has 4 atom stereocenters. The van der Waals surface area contributed by atoms with Crippen molar-refractivity contribution in [3.8, 4) is 0 Å². The Bertz CT molecular complexity index is 320. The number of carbonyl (C=O) groups excluding carboxylic acids is 1. The molecule has 0 heterocycles. The van der Waals surface area contributed by atoms with Gasteiger partial charge in [-0.15, -0.1) is 0 Å². The molecule has 0 saturated heterocycles. The van der Waals surface area contributed by atoms with Crippen LogP contribution in [0.4, 0.5) is 0 Å². The molecule has 1 rings (SSSR count). The lowest BCUT2D eigenvalue weighted by Gasteiger charge is -2.29. The van der Waals surface area contributed by atoms with Gasteiger partial charge < -0.3 is 16.2 Å². The van der Waals surface area contributed by atoms with Gasteiger partial charge in [0.2, 0.25) is 5.91 Å². The topological polar surface area (TPSA) is 92.4 Å². The van der Waals surface area contributed by atoms with Crippen LogP contribution in [0.2, 0.25) is 0 Å². The van der Waals surface area contributed by atoms with E-state index in [1.165, 1.54) is 0 Å². The lowest BCUT2D eigenvalue weighted by molar-refractivity contribution is -0.145. The largest absolute Gasteiger partial charge is 0.481 e. The third kappa shape index (κ3) is 4.49. The molecule has 19 heavy (non-hydrogen) atoms. The second kappa shape index (κ2) is 7.48. The number of hydrogen-bond acceptors (Lipinski definition) is 3. The minimum atomic E-state index is -0.745. The molecule has 5 nitrogen and oxygen atoms in total. The predicted molar refractivity (Wildman–Crippen MR) is 73.5 cm³/mol. The quantitative estimate of drug-likeness (QED) is 0.679. The summed E-state index contributed by atoms with van der Waals surface area (Å²) in [4.78, 5) is 23.0. The number of carboxylic acids is 1. The Hall–Kier alpha value is -1.10. The Labute approximate surface area is 114 Å². The average Bonchev–Trinajstić information content (AvgIpc) is 2.43. The maximum absolute atomic E-state index is 11.9. The fourth-order valence-electron chi connectivity index (χ4n) is 2.64. The van der Waals surface area contributed by atoms with Gasteiger partial charge in [0.25, 0.3) is 0 Å². The first kappa shape index (κ1) is 16.0. The molecular weight excluding hydrogens is 244 g/mol. The normalized spacial score (nSPS) is 26.5. The van der Waals surface area contributed by atoms with Gasteiger partial charge in [-0.3, -0.25) is 9.59 Å². The summed E-state index contributed by atoms with van der Waals surface area (Å²) in [6, 6.07) is -0.503. The van der Waals surface area contributed by atoms with Crippen molar-refractivity contribution in [3.05, 3.63) is 0 Å². The lowest BCUT2D eigenvalue weighted by Crippen LogP contribution is -2.47. The molecule has 0 radical (unpaired) electrons. The van der Waals surface area contributed by atoms with E-state index >= 15 is 0 Å². The first-order valence-electron chi connectivity index (χ1n) is 7.23. The van der Waals surface area contributed by atoms with E-state index in [9.17, 15) is 14.7 Å². The smallest absolute Gasteiger partial charge is 0.306 e. The summed E-state index contributed by atoms with van der Waals surface area (Å²) >= 11 is 0. The molecule has 1 aliphatic rings. The minimum absolute atomic E-state index is 0.0410.